The molecule has 1 saturated heterocycles. The first kappa shape index (κ1) is 11.4. The average molecular weight is 242 g/mol. The van der Waals surface area contributed by atoms with Gasteiger partial charge in [0.1, 0.15) is 0 Å². The van der Waals surface area contributed by atoms with Crippen LogP contribution < -0.4 is 11.3 Å². The maximum atomic E-state index is 11.1. The van der Waals surface area contributed by atoms with E-state index >= 15 is 0 Å². The van der Waals surface area contributed by atoms with Crippen molar-refractivity contribution in [3.8, 4) is 0 Å². The zero-order chi connectivity index (χ0) is 11.4. The molecule has 0 bridgehead atoms. The highest BCUT2D eigenvalue weighted by atomic mass is 32.2. The molecule has 0 spiro atoms. The summed E-state index contributed by atoms with van der Waals surface area (Å²) in [5.41, 5.74) is 2.25. The fourth-order valence-electron chi connectivity index (χ4n) is 1.55. The Hall–Kier alpha value is -1.05. The van der Waals surface area contributed by atoms with Crippen molar-refractivity contribution in [2.75, 3.05) is 24.6 Å². The summed E-state index contributed by atoms with van der Waals surface area (Å²) in [4.78, 5) is 13.4. The van der Waals surface area contributed by atoms with Crippen molar-refractivity contribution in [3.05, 3.63) is 17.5 Å². The summed E-state index contributed by atoms with van der Waals surface area (Å²) in [6, 6.07) is 1.63. The monoisotopic (exact) mass is 242 g/mol. The minimum absolute atomic E-state index is 0.226. The first-order chi connectivity index (χ1) is 7.79. The summed E-state index contributed by atoms with van der Waals surface area (Å²) in [6.45, 7) is 2.79. The van der Waals surface area contributed by atoms with Crippen molar-refractivity contribution < 1.29 is 9.32 Å². The highest BCUT2D eigenvalue weighted by molar-refractivity contribution is 7.99. The van der Waals surface area contributed by atoms with Crippen LogP contribution in [0, 0.1) is 0 Å². The molecule has 0 aliphatic carbocycles. The minimum atomic E-state index is -0.427. The fraction of sp³-hybridized carbons (Fsp3) is 0.556. The summed E-state index contributed by atoms with van der Waals surface area (Å²) in [5, 5.41) is 3.65. The average Bonchev–Trinajstić information content (AvgIpc) is 2.78. The second-order valence-electron chi connectivity index (χ2n) is 3.54. The van der Waals surface area contributed by atoms with Crippen LogP contribution in [-0.2, 0) is 6.54 Å². The van der Waals surface area contributed by atoms with Gasteiger partial charge in [0.25, 0.3) is 5.91 Å². The minimum Gasteiger partial charge on any atom is -0.359 e. The SMILES string of the molecule is NNC(=O)c1cc(CN2CCSCC2)on1. The number of rotatable bonds is 3. The molecule has 0 saturated carbocycles. The molecule has 0 unspecified atom stereocenters. The molecule has 2 rings (SSSR count). The van der Waals surface area contributed by atoms with E-state index in [1.807, 2.05) is 17.2 Å². The summed E-state index contributed by atoms with van der Waals surface area (Å²) in [6.07, 6.45) is 0. The van der Waals surface area contributed by atoms with Crippen LogP contribution in [-0.4, -0.2) is 40.6 Å². The van der Waals surface area contributed by atoms with Gasteiger partial charge in [-0.1, -0.05) is 5.16 Å². The Morgan fingerprint density at radius 3 is 3.06 bits per heavy atom. The van der Waals surface area contributed by atoms with Crippen LogP contribution in [0.5, 0.6) is 0 Å². The zero-order valence-corrected chi connectivity index (χ0v) is 9.63. The van der Waals surface area contributed by atoms with E-state index in [4.69, 9.17) is 10.4 Å². The highest BCUT2D eigenvalue weighted by Gasteiger charge is 2.15. The first-order valence-electron chi connectivity index (χ1n) is 5.06. The smallest absolute Gasteiger partial charge is 0.287 e. The van der Waals surface area contributed by atoms with Gasteiger partial charge in [0.2, 0.25) is 0 Å². The third kappa shape index (κ3) is 2.75. The molecule has 0 radical (unpaired) electrons. The van der Waals surface area contributed by atoms with E-state index in [1.165, 1.54) is 0 Å². The Labute approximate surface area is 97.5 Å². The van der Waals surface area contributed by atoms with Gasteiger partial charge in [-0.25, -0.2) is 5.84 Å². The van der Waals surface area contributed by atoms with E-state index in [-0.39, 0.29) is 5.69 Å². The summed E-state index contributed by atoms with van der Waals surface area (Å²) >= 11 is 1.95. The molecule has 88 valence electrons. The molecule has 6 nitrogen and oxygen atoms in total. The third-order valence-corrected chi connectivity index (χ3v) is 3.35. The van der Waals surface area contributed by atoms with Crippen LogP contribution in [0.1, 0.15) is 16.2 Å². The predicted molar refractivity (Wildman–Crippen MR) is 60.8 cm³/mol. The van der Waals surface area contributed by atoms with Crippen molar-refractivity contribution >= 4 is 17.7 Å². The second kappa shape index (κ2) is 5.33. The second-order valence-corrected chi connectivity index (χ2v) is 4.77. The number of carbonyl (C=O) groups excluding carboxylic acids is 1. The van der Waals surface area contributed by atoms with Crippen LogP contribution in [0.2, 0.25) is 0 Å². The molecule has 16 heavy (non-hydrogen) atoms. The van der Waals surface area contributed by atoms with E-state index < -0.39 is 5.91 Å². The lowest BCUT2D eigenvalue weighted by Gasteiger charge is -2.24. The Kier molecular flexibility index (Phi) is 3.81. The number of hydrogen-bond acceptors (Lipinski definition) is 6. The summed E-state index contributed by atoms with van der Waals surface area (Å²) in [7, 11) is 0. The van der Waals surface area contributed by atoms with Gasteiger partial charge in [-0.3, -0.25) is 15.1 Å². The number of thioether (sulfide) groups is 1. The van der Waals surface area contributed by atoms with Crippen LogP contribution in [0.4, 0.5) is 0 Å². The number of hydrazine groups is 1. The highest BCUT2D eigenvalue weighted by Crippen LogP contribution is 2.13. The zero-order valence-electron chi connectivity index (χ0n) is 8.81. The molecule has 2 heterocycles. The van der Waals surface area contributed by atoms with Gasteiger partial charge >= 0.3 is 0 Å². The van der Waals surface area contributed by atoms with E-state index in [2.05, 4.69) is 10.1 Å². The lowest BCUT2D eigenvalue weighted by Crippen LogP contribution is -2.32. The fourth-order valence-corrected chi connectivity index (χ4v) is 2.53. The maximum Gasteiger partial charge on any atom is 0.287 e. The van der Waals surface area contributed by atoms with Crippen molar-refractivity contribution in [1.29, 1.82) is 0 Å². The van der Waals surface area contributed by atoms with Crippen LogP contribution in [0.25, 0.3) is 0 Å². The lowest BCUT2D eigenvalue weighted by atomic mass is 10.3. The Balaban J connectivity index is 1.94. The number of nitrogen functional groups attached to an aromatic ring is 1. The molecule has 1 aromatic heterocycles. The van der Waals surface area contributed by atoms with Crippen molar-refractivity contribution in [3.63, 3.8) is 0 Å². The molecule has 1 amide bonds. The van der Waals surface area contributed by atoms with Gasteiger partial charge in [-0.2, -0.15) is 11.8 Å². The molecule has 7 heteroatoms. The summed E-state index contributed by atoms with van der Waals surface area (Å²) in [5.74, 6) is 7.56. The molecular weight excluding hydrogens is 228 g/mol. The molecule has 0 aromatic carbocycles. The predicted octanol–water partition coefficient (Wildman–Crippen LogP) is -0.173. The molecule has 1 aromatic rings. The summed E-state index contributed by atoms with van der Waals surface area (Å²) < 4.78 is 5.08. The van der Waals surface area contributed by atoms with E-state index in [1.54, 1.807) is 6.07 Å². The van der Waals surface area contributed by atoms with E-state index in [0.29, 0.717) is 12.3 Å². The maximum absolute atomic E-state index is 11.1. The number of carbonyl (C=O) groups is 1. The topological polar surface area (TPSA) is 84.4 Å². The number of nitrogens with one attached hydrogen (secondary N) is 1. The lowest BCUT2D eigenvalue weighted by molar-refractivity contribution is 0.0944. The normalized spacial score (nSPS) is 17.3. The Morgan fingerprint density at radius 2 is 2.38 bits per heavy atom. The number of aromatic nitrogens is 1. The van der Waals surface area contributed by atoms with Crippen LogP contribution in [0.15, 0.2) is 10.6 Å². The molecule has 1 aliphatic heterocycles. The van der Waals surface area contributed by atoms with Crippen molar-refractivity contribution in [2.24, 2.45) is 5.84 Å². The van der Waals surface area contributed by atoms with Gasteiger partial charge in [0, 0.05) is 30.7 Å². The van der Waals surface area contributed by atoms with Crippen LogP contribution >= 0.6 is 11.8 Å². The standard InChI is InChI=1S/C9H14N4O2S/c10-11-9(14)8-5-7(15-12-8)6-13-1-3-16-4-2-13/h5H,1-4,6,10H2,(H,11,14). The number of amides is 1. The Morgan fingerprint density at radius 1 is 1.62 bits per heavy atom. The third-order valence-electron chi connectivity index (χ3n) is 2.41. The quantitative estimate of drug-likeness (QED) is 0.435. The van der Waals surface area contributed by atoms with Crippen molar-refractivity contribution in [1.82, 2.24) is 15.5 Å². The Bertz CT molecular complexity index is 362. The number of hydrogen-bond donors (Lipinski definition) is 2. The first-order valence-corrected chi connectivity index (χ1v) is 6.21. The van der Waals surface area contributed by atoms with Gasteiger partial charge in [0.15, 0.2) is 11.5 Å². The van der Waals surface area contributed by atoms with Gasteiger partial charge in [-0.15, -0.1) is 0 Å². The molecule has 3 N–H and O–H groups in total. The largest absolute Gasteiger partial charge is 0.359 e. The van der Waals surface area contributed by atoms with Gasteiger partial charge in [0.05, 0.1) is 6.54 Å². The van der Waals surface area contributed by atoms with E-state index in [9.17, 15) is 4.79 Å². The van der Waals surface area contributed by atoms with Crippen molar-refractivity contribution in [2.45, 2.75) is 6.54 Å². The van der Waals surface area contributed by atoms with E-state index in [0.717, 1.165) is 24.6 Å². The molecule has 1 aliphatic rings. The van der Waals surface area contributed by atoms with Gasteiger partial charge < -0.3 is 4.52 Å². The molecule has 0 atom stereocenters. The molecular formula is C9H14N4O2S. The van der Waals surface area contributed by atoms with Crippen LogP contribution in [0.3, 0.4) is 0 Å². The number of nitrogens with two attached hydrogens (primary N) is 1. The number of nitrogens with zero attached hydrogens (tertiary/aromatic N) is 2. The molecule has 1 fully saturated rings. The van der Waals surface area contributed by atoms with Gasteiger partial charge in [-0.05, 0) is 0 Å².